The first kappa shape index (κ1) is 19.2. The number of fused-ring (bicyclic) bond motifs is 1. The highest BCUT2D eigenvalue weighted by molar-refractivity contribution is 6.31. The molecule has 5 nitrogen and oxygen atoms in total. The number of halogens is 1. The second-order valence-electron chi connectivity index (χ2n) is 6.62. The average molecular weight is 410 g/mol. The van der Waals surface area contributed by atoms with Crippen LogP contribution in [0, 0.1) is 0 Å². The minimum absolute atomic E-state index is 0.198. The molecule has 0 saturated carbocycles. The fourth-order valence-electron chi connectivity index (χ4n) is 2.98. The third kappa shape index (κ3) is 4.81. The van der Waals surface area contributed by atoms with Crippen molar-refractivity contribution in [2.75, 3.05) is 13.2 Å². The molecule has 1 amide bonds. The van der Waals surface area contributed by atoms with Crippen LogP contribution in [-0.2, 0) is 6.61 Å². The predicted octanol–water partition coefficient (Wildman–Crippen LogP) is 4.49. The normalized spacial score (nSPS) is 14.9. The molecule has 1 N–H and O–H groups in total. The van der Waals surface area contributed by atoms with Crippen LogP contribution in [0.1, 0.15) is 15.9 Å². The number of nitrogens with one attached hydrogen (secondary N) is 1. The topological polar surface area (TPSA) is 56.8 Å². The summed E-state index contributed by atoms with van der Waals surface area (Å²) in [5.41, 5.74) is 1.40. The molecule has 1 aliphatic heterocycles. The van der Waals surface area contributed by atoms with Gasteiger partial charge in [0.1, 0.15) is 25.1 Å². The molecule has 0 bridgehead atoms. The molecule has 3 aromatic carbocycles. The number of hydrogen-bond acceptors (Lipinski definition) is 4. The summed E-state index contributed by atoms with van der Waals surface area (Å²) in [5, 5.41) is 3.54. The summed E-state index contributed by atoms with van der Waals surface area (Å²) < 4.78 is 17.3. The van der Waals surface area contributed by atoms with E-state index in [4.69, 9.17) is 25.8 Å². The lowest BCUT2D eigenvalue weighted by atomic mass is 10.2. The fraction of sp³-hybridized carbons (Fsp3) is 0.174. The van der Waals surface area contributed by atoms with Crippen molar-refractivity contribution >= 4 is 17.5 Å². The molecule has 29 heavy (non-hydrogen) atoms. The maximum Gasteiger partial charge on any atom is 0.251 e. The number of ether oxygens (including phenoxy) is 3. The Balaban J connectivity index is 1.32. The van der Waals surface area contributed by atoms with E-state index < -0.39 is 0 Å². The van der Waals surface area contributed by atoms with E-state index >= 15 is 0 Å². The van der Waals surface area contributed by atoms with E-state index in [9.17, 15) is 4.79 Å². The quantitative estimate of drug-likeness (QED) is 0.651. The van der Waals surface area contributed by atoms with Crippen LogP contribution in [0.2, 0.25) is 5.02 Å². The van der Waals surface area contributed by atoms with Gasteiger partial charge in [-0.05, 0) is 36.4 Å². The Morgan fingerprint density at radius 3 is 2.69 bits per heavy atom. The number of carbonyl (C=O) groups is 1. The van der Waals surface area contributed by atoms with E-state index in [0.717, 1.165) is 11.3 Å². The van der Waals surface area contributed by atoms with E-state index in [2.05, 4.69) is 5.32 Å². The molecule has 1 aliphatic rings. The monoisotopic (exact) mass is 409 g/mol. The van der Waals surface area contributed by atoms with E-state index in [0.29, 0.717) is 41.8 Å². The maximum absolute atomic E-state index is 12.5. The molecule has 1 heterocycles. The minimum atomic E-state index is -0.242. The van der Waals surface area contributed by atoms with Gasteiger partial charge in [0.15, 0.2) is 11.5 Å². The lowest BCUT2D eigenvalue weighted by Crippen LogP contribution is -2.40. The number of rotatable bonds is 6. The first-order chi connectivity index (χ1) is 14.2. The molecule has 1 atom stereocenters. The molecule has 0 radical (unpaired) electrons. The predicted molar refractivity (Wildman–Crippen MR) is 111 cm³/mol. The van der Waals surface area contributed by atoms with Crippen molar-refractivity contribution in [1.82, 2.24) is 5.32 Å². The van der Waals surface area contributed by atoms with Gasteiger partial charge in [0.05, 0.1) is 6.54 Å². The Hall–Kier alpha value is -3.18. The summed E-state index contributed by atoms with van der Waals surface area (Å²) in [6, 6.07) is 22.0. The fourth-order valence-corrected chi connectivity index (χ4v) is 3.17. The summed E-state index contributed by atoms with van der Waals surface area (Å²) in [6.07, 6.45) is -0.242. The molecule has 0 saturated heterocycles. The van der Waals surface area contributed by atoms with Gasteiger partial charge in [0, 0.05) is 16.1 Å². The zero-order valence-corrected chi connectivity index (χ0v) is 16.4. The smallest absolute Gasteiger partial charge is 0.251 e. The molecule has 0 fully saturated rings. The zero-order valence-electron chi connectivity index (χ0n) is 15.6. The highest BCUT2D eigenvalue weighted by Crippen LogP contribution is 2.30. The molecular formula is C23H20ClNO4. The van der Waals surface area contributed by atoms with Crippen LogP contribution in [-0.4, -0.2) is 25.2 Å². The van der Waals surface area contributed by atoms with Crippen molar-refractivity contribution in [3.8, 4) is 17.2 Å². The standard InChI is InChI=1S/C23H20ClNO4/c24-20-9-2-1-6-17(20)14-27-18-8-5-7-16(12-18)23(26)25-13-19-15-28-21-10-3-4-11-22(21)29-19/h1-12,19H,13-15H2,(H,25,26). The van der Waals surface area contributed by atoms with Gasteiger partial charge >= 0.3 is 0 Å². The van der Waals surface area contributed by atoms with Gasteiger partial charge in [-0.3, -0.25) is 4.79 Å². The Morgan fingerprint density at radius 2 is 1.83 bits per heavy atom. The highest BCUT2D eigenvalue weighted by Gasteiger charge is 2.21. The van der Waals surface area contributed by atoms with Gasteiger partial charge in [0.25, 0.3) is 5.91 Å². The van der Waals surface area contributed by atoms with Crippen molar-refractivity contribution in [3.63, 3.8) is 0 Å². The number of hydrogen-bond donors (Lipinski definition) is 1. The van der Waals surface area contributed by atoms with Gasteiger partial charge in [-0.15, -0.1) is 0 Å². The van der Waals surface area contributed by atoms with E-state index in [-0.39, 0.29) is 12.0 Å². The number of carbonyl (C=O) groups excluding carboxylic acids is 1. The number of benzene rings is 3. The molecule has 1 unspecified atom stereocenters. The summed E-state index contributed by atoms with van der Waals surface area (Å²) >= 11 is 6.15. The van der Waals surface area contributed by atoms with Crippen LogP contribution < -0.4 is 19.5 Å². The van der Waals surface area contributed by atoms with Gasteiger partial charge in [0.2, 0.25) is 0 Å². The minimum Gasteiger partial charge on any atom is -0.489 e. The van der Waals surface area contributed by atoms with Crippen LogP contribution in [0.25, 0.3) is 0 Å². The van der Waals surface area contributed by atoms with Crippen molar-refractivity contribution in [1.29, 1.82) is 0 Å². The molecule has 148 valence electrons. The highest BCUT2D eigenvalue weighted by atomic mass is 35.5. The lowest BCUT2D eigenvalue weighted by molar-refractivity contribution is 0.0789. The molecule has 0 aromatic heterocycles. The van der Waals surface area contributed by atoms with Crippen molar-refractivity contribution in [2.45, 2.75) is 12.7 Å². The van der Waals surface area contributed by atoms with Gasteiger partial charge < -0.3 is 19.5 Å². The largest absolute Gasteiger partial charge is 0.489 e. The Kier molecular flexibility index (Phi) is 5.86. The summed E-state index contributed by atoms with van der Waals surface area (Å²) in [5.74, 6) is 1.81. The SMILES string of the molecule is O=C(NCC1COc2ccccc2O1)c1cccc(OCc2ccccc2Cl)c1. The van der Waals surface area contributed by atoms with Gasteiger partial charge in [-0.1, -0.05) is 48.0 Å². The van der Waals surface area contributed by atoms with Crippen molar-refractivity contribution in [3.05, 3.63) is 88.9 Å². The van der Waals surface area contributed by atoms with E-state index in [1.165, 1.54) is 0 Å². The van der Waals surface area contributed by atoms with Crippen LogP contribution >= 0.6 is 11.6 Å². The molecule has 0 aliphatic carbocycles. The number of para-hydroxylation sites is 2. The van der Waals surface area contributed by atoms with Gasteiger partial charge in [-0.25, -0.2) is 0 Å². The molecule has 3 aromatic rings. The summed E-state index contributed by atoms with van der Waals surface area (Å²) in [6.45, 7) is 1.06. The molecule has 6 heteroatoms. The van der Waals surface area contributed by atoms with Crippen molar-refractivity contribution < 1.29 is 19.0 Å². The second-order valence-corrected chi connectivity index (χ2v) is 7.02. The Labute approximate surface area is 174 Å². The zero-order chi connectivity index (χ0) is 20.1. The van der Waals surface area contributed by atoms with Crippen LogP contribution in [0.3, 0.4) is 0 Å². The maximum atomic E-state index is 12.5. The van der Waals surface area contributed by atoms with E-state index in [1.807, 2.05) is 54.6 Å². The van der Waals surface area contributed by atoms with Crippen LogP contribution in [0.5, 0.6) is 17.2 Å². The number of amides is 1. The third-order valence-electron chi connectivity index (χ3n) is 4.51. The summed E-state index contributed by atoms with van der Waals surface area (Å²) in [7, 11) is 0. The third-order valence-corrected chi connectivity index (χ3v) is 4.87. The average Bonchev–Trinajstić information content (AvgIpc) is 2.77. The first-order valence-electron chi connectivity index (χ1n) is 9.32. The second kappa shape index (κ2) is 8.88. The molecule has 0 spiro atoms. The lowest BCUT2D eigenvalue weighted by Gasteiger charge is -2.26. The molecule has 4 rings (SSSR count). The van der Waals surface area contributed by atoms with Crippen LogP contribution in [0.15, 0.2) is 72.8 Å². The Bertz CT molecular complexity index is 1010. The summed E-state index contributed by atoms with van der Waals surface area (Å²) in [4.78, 5) is 12.5. The molecular weight excluding hydrogens is 390 g/mol. The Morgan fingerprint density at radius 1 is 1.03 bits per heavy atom. The van der Waals surface area contributed by atoms with Gasteiger partial charge in [-0.2, -0.15) is 0 Å². The van der Waals surface area contributed by atoms with Crippen molar-refractivity contribution in [2.24, 2.45) is 0 Å². The van der Waals surface area contributed by atoms with E-state index in [1.54, 1.807) is 18.2 Å². The first-order valence-corrected chi connectivity index (χ1v) is 9.70. The van der Waals surface area contributed by atoms with Crippen LogP contribution in [0.4, 0.5) is 0 Å².